The Bertz CT molecular complexity index is 1270. The van der Waals surface area contributed by atoms with Gasteiger partial charge in [-0.05, 0) is 18.6 Å². The molecule has 0 bridgehead atoms. The van der Waals surface area contributed by atoms with Gasteiger partial charge in [-0.15, -0.1) is 0 Å². The minimum Gasteiger partial charge on any atom is -0.468 e. The predicted octanol–water partition coefficient (Wildman–Crippen LogP) is 1.61. The maximum Gasteiger partial charge on any atom is 0.419 e. The molecule has 0 aliphatic carbocycles. The lowest BCUT2D eigenvalue weighted by Crippen LogP contribution is -2.37. The Balaban J connectivity index is 2.40. The minimum absolute atomic E-state index is 0.157. The van der Waals surface area contributed by atoms with Crippen molar-refractivity contribution in [1.29, 1.82) is 0 Å². The molecule has 0 saturated heterocycles. The number of esters is 1. The molecule has 0 fully saturated rings. The molecule has 3 atom stereocenters. The van der Waals surface area contributed by atoms with Crippen LogP contribution < -0.4 is 0 Å². The molecule has 0 aromatic heterocycles. The first kappa shape index (κ1) is 25.3. The van der Waals surface area contributed by atoms with Crippen LogP contribution in [0.25, 0.3) is 0 Å². The van der Waals surface area contributed by atoms with Gasteiger partial charge in [0.2, 0.25) is 0 Å². The second kappa shape index (κ2) is 8.47. The molecule has 1 aromatic carbocycles. The van der Waals surface area contributed by atoms with Crippen LogP contribution in [0.2, 0.25) is 0 Å². The Hall–Kier alpha value is -2.32. The zero-order valence-corrected chi connectivity index (χ0v) is 18.9. The van der Waals surface area contributed by atoms with Crippen molar-refractivity contribution in [2.24, 2.45) is 10.9 Å². The standard InChI is InChI=1S/C19H19F4NO7S2/c1-9-14(18(26)31-2)15(11-4-3-5-12(16(11)20)19(21,22)23)17-13(24-9)8-32(27,28)10(6-25)7-33(17,29)30/h3-5,10,14-15,25H,6-8H2,1-2H3. The SMILES string of the molecule is COC(=O)C1C(C)=NC2=C(C1c1cccc(C(F)(F)F)c1F)S(=O)(=O)CC(CO)S(=O)(=O)C2. The quantitative estimate of drug-likeness (QED) is 0.481. The molecule has 1 aromatic rings. The molecule has 14 heteroatoms. The van der Waals surface area contributed by atoms with Crippen molar-refractivity contribution in [3.63, 3.8) is 0 Å². The third-order valence-corrected chi connectivity index (χ3v) is 9.79. The molecule has 0 saturated carbocycles. The summed E-state index contributed by atoms with van der Waals surface area (Å²) in [5, 5.41) is 7.71. The molecule has 8 nitrogen and oxygen atoms in total. The first-order valence-electron chi connectivity index (χ1n) is 9.42. The zero-order chi connectivity index (χ0) is 24.9. The van der Waals surface area contributed by atoms with E-state index in [0.717, 1.165) is 19.2 Å². The number of hydrogen-bond acceptors (Lipinski definition) is 8. The maximum absolute atomic E-state index is 15.1. The summed E-state index contributed by atoms with van der Waals surface area (Å²) in [6.45, 7) is 0.200. The molecule has 0 spiro atoms. The van der Waals surface area contributed by atoms with Gasteiger partial charge in [-0.3, -0.25) is 9.79 Å². The summed E-state index contributed by atoms with van der Waals surface area (Å²) in [4.78, 5) is 15.7. The smallest absolute Gasteiger partial charge is 0.419 e. The molecule has 2 aliphatic rings. The number of alkyl halides is 3. The predicted molar refractivity (Wildman–Crippen MR) is 108 cm³/mol. The van der Waals surface area contributed by atoms with Gasteiger partial charge in [0.05, 0.1) is 46.6 Å². The zero-order valence-electron chi connectivity index (χ0n) is 17.3. The van der Waals surface area contributed by atoms with E-state index < -0.39 is 94.6 Å². The number of carbonyl (C=O) groups is 1. The Morgan fingerprint density at radius 3 is 2.42 bits per heavy atom. The van der Waals surface area contributed by atoms with E-state index >= 15 is 4.39 Å². The highest BCUT2D eigenvalue weighted by Gasteiger charge is 2.50. The highest BCUT2D eigenvalue weighted by Crippen LogP contribution is 2.46. The number of sulfone groups is 2. The number of rotatable bonds is 3. The Morgan fingerprint density at radius 2 is 1.88 bits per heavy atom. The number of aliphatic hydroxyl groups excluding tert-OH is 1. The molecular formula is C19H19F4NO7S2. The topological polar surface area (TPSA) is 127 Å². The van der Waals surface area contributed by atoms with Gasteiger partial charge in [0.15, 0.2) is 19.7 Å². The van der Waals surface area contributed by atoms with Crippen LogP contribution in [-0.2, 0) is 35.4 Å². The largest absolute Gasteiger partial charge is 0.468 e. The summed E-state index contributed by atoms with van der Waals surface area (Å²) >= 11 is 0. The van der Waals surface area contributed by atoms with Crippen molar-refractivity contribution in [2.75, 3.05) is 25.2 Å². The van der Waals surface area contributed by atoms with Crippen molar-refractivity contribution < 1.29 is 49.0 Å². The van der Waals surface area contributed by atoms with Gasteiger partial charge in [0.1, 0.15) is 11.7 Å². The second-order valence-electron chi connectivity index (χ2n) is 7.64. The number of aliphatic imine (C=N–C) groups is 1. The third-order valence-electron chi connectivity index (χ3n) is 5.58. The average Bonchev–Trinajstić information content (AvgIpc) is 2.76. The lowest BCUT2D eigenvalue weighted by molar-refractivity contribution is -0.143. The molecule has 182 valence electrons. The molecule has 2 heterocycles. The first-order chi connectivity index (χ1) is 15.2. The molecule has 2 aliphatic heterocycles. The van der Waals surface area contributed by atoms with Crippen LogP contribution in [0.3, 0.4) is 0 Å². The Kier molecular flexibility index (Phi) is 6.50. The number of nitrogens with zero attached hydrogens (tertiary/aromatic N) is 1. The van der Waals surface area contributed by atoms with Crippen LogP contribution in [0.4, 0.5) is 17.6 Å². The monoisotopic (exact) mass is 513 g/mol. The van der Waals surface area contributed by atoms with E-state index in [-0.39, 0.29) is 5.71 Å². The number of allylic oxidation sites excluding steroid dienone is 1. The number of halogens is 4. The summed E-state index contributed by atoms with van der Waals surface area (Å²) < 4.78 is 112. The van der Waals surface area contributed by atoms with Crippen LogP contribution in [0.15, 0.2) is 33.8 Å². The summed E-state index contributed by atoms with van der Waals surface area (Å²) in [7, 11) is -7.93. The van der Waals surface area contributed by atoms with Crippen LogP contribution in [-0.4, -0.2) is 64.1 Å². The van der Waals surface area contributed by atoms with Crippen LogP contribution in [0.5, 0.6) is 0 Å². The highest BCUT2D eigenvalue weighted by atomic mass is 32.2. The molecule has 33 heavy (non-hydrogen) atoms. The van der Waals surface area contributed by atoms with E-state index in [4.69, 9.17) is 0 Å². The van der Waals surface area contributed by atoms with E-state index in [1.807, 2.05) is 0 Å². The Labute approximate surface area is 186 Å². The molecule has 1 N–H and O–H groups in total. The number of aliphatic hydroxyl groups is 1. The minimum atomic E-state index is -5.12. The molecule has 3 unspecified atom stereocenters. The first-order valence-corrected chi connectivity index (χ1v) is 12.8. The average molecular weight is 513 g/mol. The number of carbonyl (C=O) groups excluding carboxylic acids is 1. The summed E-state index contributed by atoms with van der Waals surface area (Å²) in [5.74, 6) is -8.45. The lowest BCUT2D eigenvalue weighted by Gasteiger charge is -2.32. The maximum atomic E-state index is 15.1. The van der Waals surface area contributed by atoms with Crippen molar-refractivity contribution >= 4 is 31.4 Å². The van der Waals surface area contributed by atoms with Crippen LogP contribution in [0.1, 0.15) is 24.0 Å². The Morgan fingerprint density at radius 1 is 1.24 bits per heavy atom. The van der Waals surface area contributed by atoms with Gasteiger partial charge in [-0.1, -0.05) is 12.1 Å². The van der Waals surface area contributed by atoms with E-state index in [0.29, 0.717) is 6.07 Å². The van der Waals surface area contributed by atoms with Gasteiger partial charge in [-0.2, -0.15) is 13.2 Å². The van der Waals surface area contributed by atoms with E-state index in [1.165, 1.54) is 6.92 Å². The fraction of sp³-hybridized carbons (Fsp3) is 0.474. The third kappa shape index (κ3) is 4.43. The fourth-order valence-corrected chi connectivity index (χ4v) is 8.49. The fourth-order valence-electron chi connectivity index (χ4n) is 4.06. The van der Waals surface area contributed by atoms with Crippen molar-refractivity contribution in [1.82, 2.24) is 0 Å². The van der Waals surface area contributed by atoms with Gasteiger partial charge >= 0.3 is 12.1 Å². The van der Waals surface area contributed by atoms with Crippen LogP contribution in [0, 0.1) is 11.7 Å². The molecule has 0 amide bonds. The van der Waals surface area contributed by atoms with E-state index in [9.17, 15) is 39.9 Å². The summed E-state index contributed by atoms with van der Waals surface area (Å²) in [6, 6.07) is 2.21. The van der Waals surface area contributed by atoms with Gasteiger partial charge in [0.25, 0.3) is 0 Å². The second-order valence-corrected chi connectivity index (χ2v) is 11.9. The van der Waals surface area contributed by atoms with Gasteiger partial charge in [-0.25, -0.2) is 21.2 Å². The highest BCUT2D eigenvalue weighted by molar-refractivity contribution is 7.98. The molecular weight excluding hydrogens is 494 g/mol. The van der Waals surface area contributed by atoms with Gasteiger partial charge in [0, 0.05) is 11.6 Å². The number of ether oxygens (including phenoxy) is 1. The summed E-state index contributed by atoms with van der Waals surface area (Å²) in [6.07, 6.45) is -5.12. The summed E-state index contributed by atoms with van der Waals surface area (Å²) in [5.41, 5.74) is -3.15. The van der Waals surface area contributed by atoms with Crippen molar-refractivity contribution in [2.45, 2.75) is 24.3 Å². The number of hydrogen-bond donors (Lipinski definition) is 1. The normalized spacial score (nSPS) is 26.8. The van der Waals surface area contributed by atoms with Crippen molar-refractivity contribution in [3.05, 3.63) is 45.7 Å². The molecule has 0 radical (unpaired) electrons. The number of benzene rings is 1. The number of methoxy groups -OCH3 is 1. The van der Waals surface area contributed by atoms with Crippen molar-refractivity contribution in [3.8, 4) is 0 Å². The molecule has 3 rings (SSSR count). The van der Waals surface area contributed by atoms with E-state index in [2.05, 4.69) is 9.73 Å². The van der Waals surface area contributed by atoms with Gasteiger partial charge < -0.3 is 9.84 Å². The van der Waals surface area contributed by atoms with E-state index in [1.54, 1.807) is 0 Å². The van der Waals surface area contributed by atoms with Crippen LogP contribution >= 0.6 is 0 Å². The lowest BCUT2D eigenvalue weighted by atomic mass is 9.80.